The highest BCUT2D eigenvalue weighted by atomic mass is 15.5. The Kier molecular flexibility index (Phi) is 2.89. The molecule has 0 fully saturated rings. The van der Waals surface area contributed by atoms with Crippen LogP contribution in [-0.2, 0) is 13.5 Å². The molecule has 1 aromatic carbocycles. The summed E-state index contributed by atoms with van der Waals surface area (Å²) in [5.41, 5.74) is 9.40. The minimum atomic E-state index is 0.860. The van der Waals surface area contributed by atoms with Gasteiger partial charge in [-0.15, -0.1) is 0 Å². The van der Waals surface area contributed by atoms with E-state index in [1.165, 1.54) is 16.6 Å². The van der Waals surface area contributed by atoms with Crippen molar-refractivity contribution in [2.75, 3.05) is 18.5 Å². The van der Waals surface area contributed by atoms with Crippen molar-refractivity contribution in [3.8, 4) is 0 Å². The Hall–Kier alpha value is -2.04. The lowest BCUT2D eigenvalue weighted by molar-refractivity contribution is 0.556. The van der Waals surface area contributed by atoms with Crippen LogP contribution in [0.1, 0.15) is 18.1 Å². The van der Waals surface area contributed by atoms with Crippen molar-refractivity contribution in [1.29, 1.82) is 0 Å². The average molecular weight is 257 g/mol. The van der Waals surface area contributed by atoms with Gasteiger partial charge in [0.05, 0.1) is 36.1 Å². The number of fused-ring (bicyclic) bond motifs is 1. The molecule has 1 aliphatic heterocycles. The highest BCUT2D eigenvalue weighted by Crippen LogP contribution is 2.29. The van der Waals surface area contributed by atoms with Gasteiger partial charge in [0.25, 0.3) is 0 Å². The van der Waals surface area contributed by atoms with Crippen molar-refractivity contribution in [1.82, 2.24) is 14.6 Å². The number of aliphatic imine (C=N–C) groups is 1. The van der Waals surface area contributed by atoms with E-state index in [1.807, 2.05) is 24.7 Å². The summed E-state index contributed by atoms with van der Waals surface area (Å²) >= 11 is 0. The van der Waals surface area contributed by atoms with Gasteiger partial charge in [0.2, 0.25) is 0 Å². The van der Waals surface area contributed by atoms with Gasteiger partial charge in [0.15, 0.2) is 0 Å². The number of hydrogen-bond donors (Lipinski definition) is 1. The number of rotatable bonds is 3. The second-order valence-electron chi connectivity index (χ2n) is 4.95. The van der Waals surface area contributed by atoms with Crippen molar-refractivity contribution in [2.45, 2.75) is 20.3 Å². The van der Waals surface area contributed by atoms with Crippen molar-refractivity contribution in [3.05, 3.63) is 23.5 Å². The molecule has 1 aromatic heterocycles. The SMILES string of the molecule is CCc1c(NN2C=NCC2)cc(C)c2c1ncn2C. The van der Waals surface area contributed by atoms with Gasteiger partial charge in [-0.25, -0.2) is 4.98 Å². The monoisotopic (exact) mass is 257 g/mol. The Balaban J connectivity index is 2.10. The van der Waals surface area contributed by atoms with Gasteiger partial charge in [0.1, 0.15) is 6.34 Å². The molecule has 0 saturated heterocycles. The number of nitrogens with zero attached hydrogens (tertiary/aromatic N) is 4. The number of hydrazine groups is 1. The summed E-state index contributed by atoms with van der Waals surface area (Å²) in [5.74, 6) is 0. The molecular weight excluding hydrogens is 238 g/mol. The highest BCUT2D eigenvalue weighted by Gasteiger charge is 2.15. The number of imidazole rings is 1. The fourth-order valence-corrected chi connectivity index (χ4v) is 2.69. The molecule has 2 aromatic rings. The first-order chi connectivity index (χ1) is 9.20. The lowest BCUT2D eigenvalue weighted by Crippen LogP contribution is -2.27. The molecule has 0 aliphatic carbocycles. The Morgan fingerprint density at radius 1 is 1.42 bits per heavy atom. The first kappa shape index (κ1) is 12.0. The molecule has 2 heterocycles. The molecule has 0 spiro atoms. The van der Waals surface area contributed by atoms with Gasteiger partial charge < -0.3 is 4.57 Å². The maximum atomic E-state index is 4.56. The van der Waals surface area contributed by atoms with Crippen LogP contribution in [0.15, 0.2) is 17.4 Å². The first-order valence-electron chi connectivity index (χ1n) is 6.67. The van der Waals surface area contributed by atoms with Crippen LogP contribution in [0.2, 0.25) is 0 Å². The smallest absolute Gasteiger partial charge is 0.104 e. The molecule has 0 bridgehead atoms. The van der Waals surface area contributed by atoms with Gasteiger partial charge in [-0.3, -0.25) is 15.4 Å². The van der Waals surface area contributed by atoms with Gasteiger partial charge in [0, 0.05) is 12.6 Å². The van der Waals surface area contributed by atoms with E-state index < -0.39 is 0 Å². The highest BCUT2D eigenvalue weighted by molar-refractivity contribution is 5.88. The summed E-state index contributed by atoms with van der Waals surface area (Å²) in [4.78, 5) is 8.78. The van der Waals surface area contributed by atoms with Gasteiger partial charge in [-0.1, -0.05) is 6.92 Å². The topological polar surface area (TPSA) is 45.4 Å². The molecule has 0 atom stereocenters. The standard InChI is InChI=1S/C14H19N5/c1-4-11-12(17-19-6-5-15-8-19)7-10(2)14-13(11)16-9-18(14)3/h7-9,17H,4-6H2,1-3H3. The van der Waals surface area contributed by atoms with E-state index in [2.05, 4.69) is 39.9 Å². The third-order valence-electron chi connectivity index (χ3n) is 3.59. The second kappa shape index (κ2) is 4.57. The Morgan fingerprint density at radius 2 is 2.26 bits per heavy atom. The summed E-state index contributed by atoms with van der Waals surface area (Å²) in [6, 6.07) is 2.20. The zero-order valence-electron chi connectivity index (χ0n) is 11.6. The van der Waals surface area contributed by atoms with E-state index in [9.17, 15) is 0 Å². The average Bonchev–Trinajstić information content (AvgIpc) is 3.00. The largest absolute Gasteiger partial charge is 0.334 e. The molecule has 1 N–H and O–H groups in total. The summed E-state index contributed by atoms with van der Waals surface area (Å²) in [7, 11) is 2.04. The fourth-order valence-electron chi connectivity index (χ4n) is 2.69. The maximum absolute atomic E-state index is 4.56. The number of aromatic nitrogens is 2. The van der Waals surface area contributed by atoms with E-state index in [-0.39, 0.29) is 0 Å². The molecule has 19 heavy (non-hydrogen) atoms. The molecule has 1 aliphatic rings. The minimum absolute atomic E-state index is 0.860. The zero-order chi connectivity index (χ0) is 13.4. The minimum Gasteiger partial charge on any atom is -0.334 e. The molecule has 100 valence electrons. The first-order valence-corrected chi connectivity index (χ1v) is 6.67. The van der Waals surface area contributed by atoms with Gasteiger partial charge >= 0.3 is 0 Å². The van der Waals surface area contributed by atoms with Crippen LogP contribution in [0.5, 0.6) is 0 Å². The van der Waals surface area contributed by atoms with Crippen LogP contribution in [0.25, 0.3) is 11.0 Å². The number of aryl methyl sites for hydroxylation is 3. The van der Waals surface area contributed by atoms with Crippen LogP contribution in [0.4, 0.5) is 5.69 Å². The Bertz CT molecular complexity index is 641. The number of anilines is 1. The predicted molar refractivity (Wildman–Crippen MR) is 78.5 cm³/mol. The predicted octanol–water partition coefficient (Wildman–Crippen LogP) is 2.11. The lowest BCUT2D eigenvalue weighted by atomic mass is 10.0. The normalized spacial score (nSPS) is 14.6. The fraction of sp³-hybridized carbons (Fsp3) is 0.429. The molecule has 5 heteroatoms. The van der Waals surface area contributed by atoms with E-state index >= 15 is 0 Å². The molecular formula is C14H19N5. The lowest BCUT2D eigenvalue weighted by Gasteiger charge is -2.20. The second-order valence-corrected chi connectivity index (χ2v) is 4.95. The third kappa shape index (κ3) is 1.95. The van der Waals surface area contributed by atoms with Crippen molar-refractivity contribution in [2.24, 2.45) is 12.0 Å². The maximum Gasteiger partial charge on any atom is 0.104 e. The van der Waals surface area contributed by atoms with E-state index in [4.69, 9.17) is 0 Å². The zero-order valence-corrected chi connectivity index (χ0v) is 11.6. The van der Waals surface area contributed by atoms with Gasteiger partial charge in [-0.05, 0) is 25.0 Å². The van der Waals surface area contributed by atoms with Crippen LogP contribution in [0.3, 0.4) is 0 Å². The number of benzene rings is 1. The Morgan fingerprint density at radius 3 is 2.95 bits per heavy atom. The quantitative estimate of drug-likeness (QED) is 0.916. The molecule has 0 amide bonds. The molecule has 5 nitrogen and oxygen atoms in total. The van der Waals surface area contributed by atoms with Crippen molar-refractivity contribution in [3.63, 3.8) is 0 Å². The molecule has 0 saturated carbocycles. The summed E-state index contributed by atoms with van der Waals surface area (Å²) in [6.45, 7) is 6.08. The summed E-state index contributed by atoms with van der Waals surface area (Å²) < 4.78 is 2.09. The molecule has 0 unspecified atom stereocenters. The molecule has 0 radical (unpaired) electrons. The third-order valence-corrected chi connectivity index (χ3v) is 3.59. The van der Waals surface area contributed by atoms with Crippen LogP contribution >= 0.6 is 0 Å². The van der Waals surface area contributed by atoms with E-state index in [0.717, 1.165) is 30.7 Å². The van der Waals surface area contributed by atoms with Crippen LogP contribution < -0.4 is 5.43 Å². The molecule has 3 rings (SSSR count). The van der Waals surface area contributed by atoms with Crippen molar-refractivity contribution < 1.29 is 0 Å². The number of hydrogen-bond acceptors (Lipinski definition) is 4. The Labute approximate surface area is 112 Å². The van der Waals surface area contributed by atoms with E-state index in [1.54, 1.807) is 0 Å². The van der Waals surface area contributed by atoms with Crippen LogP contribution in [-0.4, -0.2) is 34.0 Å². The van der Waals surface area contributed by atoms with Crippen molar-refractivity contribution >= 4 is 23.1 Å². The summed E-state index contributed by atoms with van der Waals surface area (Å²) in [5, 5.41) is 2.03. The van der Waals surface area contributed by atoms with Gasteiger partial charge in [-0.2, -0.15) is 0 Å². The summed E-state index contributed by atoms with van der Waals surface area (Å²) in [6.07, 6.45) is 4.70. The van der Waals surface area contributed by atoms with Crippen LogP contribution in [0, 0.1) is 6.92 Å². The van der Waals surface area contributed by atoms with E-state index in [0.29, 0.717) is 0 Å². The number of nitrogens with one attached hydrogen (secondary N) is 1.